The van der Waals surface area contributed by atoms with Gasteiger partial charge in [0.2, 0.25) is 0 Å². The largest absolute Gasteiger partial charge is 0.491 e. The van der Waals surface area contributed by atoms with E-state index in [2.05, 4.69) is 125 Å². The maximum atomic E-state index is 6.87. The van der Waals surface area contributed by atoms with Gasteiger partial charge in [-0.1, -0.05) is 72.8 Å². The van der Waals surface area contributed by atoms with Crippen LogP contribution in [0, 0.1) is 27.7 Å². The molecule has 0 spiro atoms. The van der Waals surface area contributed by atoms with E-state index in [9.17, 15) is 0 Å². The van der Waals surface area contributed by atoms with Gasteiger partial charge in [0.1, 0.15) is 111 Å². The van der Waals surface area contributed by atoms with Gasteiger partial charge in [-0.2, -0.15) is 0 Å². The average Bonchev–Trinajstić information content (AvgIpc) is 4.16. The van der Waals surface area contributed by atoms with Gasteiger partial charge in [0.25, 0.3) is 0 Å². The van der Waals surface area contributed by atoms with Crippen LogP contribution in [-0.2, 0) is 60.5 Å². The fourth-order valence-corrected chi connectivity index (χ4v) is 9.87. The minimum Gasteiger partial charge on any atom is -0.491 e. The molecule has 12 rings (SSSR count). The second-order valence-corrected chi connectivity index (χ2v) is 21.4. The molecule has 392 valence electrons. The Bertz CT molecular complexity index is 2620. The fraction of sp³-hybridized carbons (Fsp3) is 0.429. The van der Waals surface area contributed by atoms with Crippen LogP contribution >= 0.6 is 0 Å². The van der Waals surface area contributed by atoms with E-state index in [0.717, 1.165) is 105 Å². The zero-order valence-corrected chi connectivity index (χ0v) is 43.6. The molecule has 6 atom stereocenters. The fourth-order valence-electron chi connectivity index (χ4n) is 9.87. The summed E-state index contributed by atoms with van der Waals surface area (Å²) in [5, 5.41) is 0. The van der Waals surface area contributed by atoms with E-state index in [1.165, 1.54) is 33.4 Å². The van der Waals surface area contributed by atoms with E-state index in [1.807, 2.05) is 0 Å². The van der Waals surface area contributed by atoms with Crippen LogP contribution in [0.1, 0.15) is 77.9 Å². The van der Waals surface area contributed by atoms with Gasteiger partial charge in [0, 0.05) is 25.7 Å². The summed E-state index contributed by atoms with van der Waals surface area (Å²) in [5.41, 5.74) is 16.0. The van der Waals surface area contributed by atoms with Crippen LogP contribution in [0.2, 0.25) is 0 Å². The summed E-state index contributed by atoms with van der Waals surface area (Å²) >= 11 is 0. The minimum atomic E-state index is 0.0902. The Kier molecular flexibility index (Phi) is 14.7. The lowest BCUT2D eigenvalue weighted by Crippen LogP contribution is -2.11. The second kappa shape index (κ2) is 22.2. The maximum absolute atomic E-state index is 6.87. The van der Waals surface area contributed by atoms with E-state index in [0.29, 0.717) is 85.0 Å². The van der Waals surface area contributed by atoms with Gasteiger partial charge < -0.3 is 56.8 Å². The van der Waals surface area contributed by atoms with Gasteiger partial charge in [0.05, 0.1) is 39.6 Å². The van der Waals surface area contributed by atoms with E-state index < -0.39 is 0 Å². The Balaban J connectivity index is 0.918. The van der Waals surface area contributed by atoms with Crippen LogP contribution in [0.4, 0.5) is 0 Å². The van der Waals surface area contributed by atoms with Crippen molar-refractivity contribution in [3.8, 4) is 34.5 Å². The van der Waals surface area contributed by atoms with Crippen molar-refractivity contribution in [2.75, 3.05) is 79.3 Å². The highest BCUT2D eigenvalue weighted by Crippen LogP contribution is 2.38. The van der Waals surface area contributed by atoms with Crippen molar-refractivity contribution in [2.24, 2.45) is 0 Å². The first kappa shape index (κ1) is 49.7. The summed E-state index contributed by atoms with van der Waals surface area (Å²) < 4.78 is 71.5. The van der Waals surface area contributed by atoms with Crippen LogP contribution in [-0.4, -0.2) is 116 Å². The Morgan fingerprint density at radius 1 is 0.293 bits per heavy atom. The molecular formula is C63H68O12. The summed E-state index contributed by atoms with van der Waals surface area (Å²) in [4.78, 5) is 0. The topological polar surface area (TPSA) is 131 Å². The molecule has 0 N–H and O–H groups in total. The minimum absolute atomic E-state index is 0.0902. The number of aryl methyl sites for hydroxylation is 4. The molecule has 0 radical (unpaired) electrons. The Morgan fingerprint density at radius 2 is 0.520 bits per heavy atom. The first-order chi connectivity index (χ1) is 36.7. The van der Waals surface area contributed by atoms with Gasteiger partial charge in [0.15, 0.2) is 0 Å². The third-order valence-corrected chi connectivity index (χ3v) is 14.5. The quantitative estimate of drug-likeness (QED) is 0.0434. The lowest BCUT2D eigenvalue weighted by molar-refractivity contribution is 0.259. The van der Waals surface area contributed by atoms with Crippen LogP contribution in [0.25, 0.3) is 0 Å². The lowest BCUT2D eigenvalue weighted by atomic mass is 9.89. The van der Waals surface area contributed by atoms with Crippen molar-refractivity contribution < 1.29 is 56.8 Å². The van der Waals surface area contributed by atoms with Gasteiger partial charge in [-0.15, -0.1) is 0 Å². The molecule has 75 heavy (non-hydrogen) atoms. The molecule has 12 heteroatoms. The van der Waals surface area contributed by atoms with Crippen LogP contribution in [0.3, 0.4) is 0 Å². The lowest BCUT2D eigenvalue weighted by Gasteiger charge is -2.21. The summed E-state index contributed by atoms with van der Waals surface area (Å²) in [6, 6.07) is 35.5. The zero-order chi connectivity index (χ0) is 50.8. The summed E-state index contributed by atoms with van der Waals surface area (Å²) in [7, 11) is 0. The van der Waals surface area contributed by atoms with Crippen LogP contribution < -0.4 is 28.4 Å². The number of epoxide rings is 6. The summed E-state index contributed by atoms with van der Waals surface area (Å²) in [5.74, 6) is 5.35. The number of ether oxygens (including phenoxy) is 12. The molecule has 6 unspecified atom stereocenters. The van der Waals surface area contributed by atoms with Crippen molar-refractivity contribution in [3.05, 3.63) is 175 Å². The van der Waals surface area contributed by atoms with Gasteiger partial charge >= 0.3 is 0 Å². The molecule has 0 bridgehead atoms. The standard InChI is InChI=1S/C63H68O12/c1-38-13-42(5-9-58(38)70-32-52-26-64-52)18-48-22-46(23-49(62(48)74-36-56-30-68-56)19-43-6-10-59(39(2)14-43)71-33-53-27-65-53)17-47-24-50(20-44-7-11-60(40(3)15-44)72-34-54-28-66-54)63(75-37-57-31-69-57)51(25-47)21-45-8-12-61(41(4)16-45)73-35-55-29-67-55/h5-16,22-25,52-57H,17-21,26-37H2,1-4H3. The van der Waals surface area contributed by atoms with Crippen LogP contribution in [0.5, 0.6) is 34.5 Å². The van der Waals surface area contributed by atoms with Gasteiger partial charge in [-0.25, -0.2) is 0 Å². The maximum Gasteiger partial charge on any atom is 0.126 e. The third-order valence-electron chi connectivity index (χ3n) is 14.5. The van der Waals surface area contributed by atoms with Gasteiger partial charge in [-0.3, -0.25) is 0 Å². The highest BCUT2D eigenvalue weighted by Gasteiger charge is 2.29. The van der Waals surface area contributed by atoms with E-state index in [-0.39, 0.29) is 36.6 Å². The normalized spacial score (nSPS) is 21.5. The first-order valence-electron chi connectivity index (χ1n) is 26.8. The van der Waals surface area contributed by atoms with Crippen molar-refractivity contribution in [1.82, 2.24) is 0 Å². The Labute approximate surface area is 440 Å². The second-order valence-electron chi connectivity index (χ2n) is 21.4. The van der Waals surface area contributed by atoms with Gasteiger partial charge in [-0.05, 0) is 136 Å². The van der Waals surface area contributed by atoms with Crippen LogP contribution in [0.15, 0.2) is 97.1 Å². The highest BCUT2D eigenvalue weighted by molar-refractivity contribution is 5.55. The number of hydrogen-bond acceptors (Lipinski definition) is 12. The number of hydrogen-bond donors (Lipinski definition) is 0. The molecule has 6 aromatic carbocycles. The monoisotopic (exact) mass is 1020 g/mol. The molecular weight excluding hydrogens is 949 g/mol. The molecule has 6 aliphatic rings. The number of benzene rings is 6. The van der Waals surface area contributed by atoms with Crippen molar-refractivity contribution >= 4 is 0 Å². The van der Waals surface area contributed by atoms with E-state index >= 15 is 0 Å². The predicted octanol–water partition coefficient (Wildman–Crippen LogP) is 9.54. The van der Waals surface area contributed by atoms with Crippen molar-refractivity contribution in [1.29, 1.82) is 0 Å². The van der Waals surface area contributed by atoms with E-state index in [1.54, 1.807) is 0 Å². The molecule has 0 aromatic heterocycles. The molecule has 12 nitrogen and oxygen atoms in total. The Hall–Kier alpha value is -6.12. The average molecular weight is 1020 g/mol. The molecule has 0 saturated carbocycles. The molecule has 6 aromatic rings. The van der Waals surface area contributed by atoms with Crippen molar-refractivity contribution in [3.63, 3.8) is 0 Å². The molecule has 6 aliphatic heterocycles. The summed E-state index contributed by atoms with van der Waals surface area (Å²) in [6.07, 6.45) is 4.31. The van der Waals surface area contributed by atoms with Crippen molar-refractivity contribution in [2.45, 2.75) is 96.4 Å². The third kappa shape index (κ3) is 13.8. The predicted molar refractivity (Wildman–Crippen MR) is 283 cm³/mol. The van der Waals surface area contributed by atoms with E-state index in [4.69, 9.17) is 56.8 Å². The molecule has 6 saturated heterocycles. The molecule has 0 amide bonds. The molecule has 0 aliphatic carbocycles. The Morgan fingerprint density at radius 3 is 0.733 bits per heavy atom. The first-order valence-corrected chi connectivity index (χ1v) is 26.8. The SMILES string of the molecule is Cc1cc(Cc2cc(Cc3cc(Cc4ccc(OCC5CO5)c(C)c4)c(OCC4CO4)c(Cc4ccc(OCC5CO5)c(C)c4)c3)cc(Cc3ccc(OCC4CO4)c(C)c3)c2OCC2CO2)ccc1OCC1CO1. The molecule has 6 fully saturated rings. The molecule has 6 heterocycles. The highest BCUT2D eigenvalue weighted by atomic mass is 16.6. The summed E-state index contributed by atoms with van der Waals surface area (Å²) in [6.45, 7) is 16.2. The zero-order valence-electron chi connectivity index (χ0n) is 43.6. The number of rotatable bonds is 28. The smallest absolute Gasteiger partial charge is 0.126 e.